The van der Waals surface area contributed by atoms with Gasteiger partial charge in [-0.25, -0.2) is 10.2 Å². The maximum absolute atomic E-state index is 13.1. The highest BCUT2D eigenvalue weighted by Crippen LogP contribution is 2.29. The monoisotopic (exact) mass is 596 g/mol. The first-order valence-electron chi connectivity index (χ1n) is 13.1. The summed E-state index contributed by atoms with van der Waals surface area (Å²) < 4.78 is 10.8. The zero-order valence-corrected chi connectivity index (χ0v) is 24.5. The number of hydrogen-bond acceptors (Lipinski definition) is 7. The van der Waals surface area contributed by atoms with Crippen molar-refractivity contribution < 1.29 is 23.9 Å². The first-order valence-corrected chi connectivity index (χ1v) is 13.5. The number of nitrogens with zero attached hydrogens (tertiary/aromatic N) is 2. The minimum atomic E-state index is -0.634. The van der Waals surface area contributed by atoms with Crippen LogP contribution in [0, 0.1) is 0 Å². The second kappa shape index (κ2) is 14.5. The molecule has 0 saturated heterocycles. The third-order valence-electron chi connectivity index (χ3n) is 6.11. The van der Waals surface area contributed by atoms with Crippen LogP contribution in [0.2, 0.25) is 5.02 Å². The maximum Gasteiger partial charge on any atom is 0.345 e. The van der Waals surface area contributed by atoms with Crippen LogP contribution in [0.15, 0.2) is 108 Å². The molecule has 0 aliphatic rings. The standard InChI is InChI=1S/C33H29ClN4O5/c1-38(2)25-16-13-22(14-17-25)19-28(36-31(39)24-9-5-4-6-10-24)32(40)37-35-21-23-15-18-29(30(20-23)42-3)43-33(41)26-11-7-8-12-27(26)34/h4-21H,1-3H3,(H,36,39)(H,37,40)/b28-19-,35-21+. The summed E-state index contributed by atoms with van der Waals surface area (Å²) in [6, 6.07) is 27.4. The van der Waals surface area contributed by atoms with Crippen LogP contribution in [0.4, 0.5) is 5.69 Å². The number of anilines is 1. The number of nitrogens with one attached hydrogen (secondary N) is 2. The number of methoxy groups -OCH3 is 1. The summed E-state index contributed by atoms with van der Waals surface area (Å²) in [5.41, 5.74) is 5.31. The van der Waals surface area contributed by atoms with E-state index in [1.165, 1.54) is 13.3 Å². The lowest BCUT2D eigenvalue weighted by Crippen LogP contribution is -2.32. The van der Waals surface area contributed by atoms with Crippen molar-refractivity contribution in [3.05, 3.63) is 130 Å². The molecule has 4 rings (SSSR count). The predicted molar refractivity (Wildman–Crippen MR) is 168 cm³/mol. The molecule has 2 amide bonds. The molecule has 4 aromatic carbocycles. The number of amides is 2. The normalized spacial score (nSPS) is 11.1. The van der Waals surface area contributed by atoms with Crippen molar-refractivity contribution in [2.75, 3.05) is 26.1 Å². The van der Waals surface area contributed by atoms with E-state index in [0.29, 0.717) is 16.7 Å². The van der Waals surface area contributed by atoms with Gasteiger partial charge in [-0.2, -0.15) is 5.10 Å². The van der Waals surface area contributed by atoms with E-state index in [1.54, 1.807) is 78.9 Å². The summed E-state index contributed by atoms with van der Waals surface area (Å²) >= 11 is 6.10. The summed E-state index contributed by atoms with van der Waals surface area (Å²) in [6.45, 7) is 0. The number of hydrazone groups is 1. The molecule has 2 N–H and O–H groups in total. The van der Waals surface area contributed by atoms with Gasteiger partial charge in [0.15, 0.2) is 11.5 Å². The molecule has 4 aromatic rings. The fourth-order valence-corrected chi connectivity index (χ4v) is 4.05. The van der Waals surface area contributed by atoms with Gasteiger partial charge in [0.05, 0.1) is 23.9 Å². The Morgan fingerprint density at radius 1 is 0.837 bits per heavy atom. The summed E-state index contributed by atoms with van der Waals surface area (Å²) in [7, 11) is 5.29. The zero-order chi connectivity index (χ0) is 30.8. The molecule has 0 aliphatic heterocycles. The Morgan fingerprint density at radius 3 is 2.19 bits per heavy atom. The number of ether oxygens (including phenoxy) is 2. The molecule has 0 radical (unpaired) electrons. The second-order valence-corrected chi connectivity index (χ2v) is 9.75. The van der Waals surface area contributed by atoms with Crippen molar-refractivity contribution >= 4 is 47.4 Å². The van der Waals surface area contributed by atoms with Crippen molar-refractivity contribution in [2.24, 2.45) is 5.10 Å². The number of benzene rings is 4. The Kier molecular flexibility index (Phi) is 10.3. The van der Waals surface area contributed by atoms with Crippen molar-refractivity contribution in [1.82, 2.24) is 10.7 Å². The first kappa shape index (κ1) is 30.5. The van der Waals surface area contributed by atoms with Gasteiger partial charge in [-0.1, -0.05) is 54.1 Å². The molecule has 0 atom stereocenters. The van der Waals surface area contributed by atoms with Crippen LogP contribution >= 0.6 is 11.6 Å². The van der Waals surface area contributed by atoms with Gasteiger partial charge in [0, 0.05) is 25.3 Å². The lowest BCUT2D eigenvalue weighted by Gasteiger charge is -2.13. The van der Waals surface area contributed by atoms with Gasteiger partial charge in [-0.15, -0.1) is 0 Å². The fraction of sp³-hybridized carbons (Fsp3) is 0.0909. The maximum atomic E-state index is 13.1. The van der Waals surface area contributed by atoms with Gasteiger partial charge in [0.1, 0.15) is 5.70 Å². The van der Waals surface area contributed by atoms with Gasteiger partial charge in [0.25, 0.3) is 11.8 Å². The van der Waals surface area contributed by atoms with E-state index in [1.807, 2.05) is 43.3 Å². The van der Waals surface area contributed by atoms with Crippen LogP contribution in [0.1, 0.15) is 31.8 Å². The predicted octanol–water partition coefficient (Wildman–Crippen LogP) is 5.56. The molecule has 0 fully saturated rings. The first-order chi connectivity index (χ1) is 20.7. The highest BCUT2D eigenvalue weighted by Gasteiger charge is 2.16. The molecule has 43 heavy (non-hydrogen) atoms. The van der Waals surface area contributed by atoms with E-state index >= 15 is 0 Å². The molecule has 0 heterocycles. The van der Waals surface area contributed by atoms with Crippen molar-refractivity contribution in [2.45, 2.75) is 0 Å². The van der Waals surface area contributed by atoms with Gasteiger partial charge >= 0.3 is 5.97 Å². The van der Waals surface area contributed by atoms with Crippen LogP contribution < -0.4 is 25.1 Å². The lowest BCUT2D eigenvalue weighted by atomic mass is 10.1. The number of rotatable bonds is 10. The van der Waals surface area contributed by atoms with E-state index in [2.05, 4.69) is 15.8 Å². The van der Waals surface area contributed by atoms with E-state index in [9.17, 15) is 14.4 Å². The number of carbonyl (C=O) groups is 3. The Morgan fingerprint density at radius 2 is 1.51 bits per heavy atom. The number of esters is 1. The average molecular weight is 597 g/mol. The summed E-state index contributed by atoms with van der Waals surface area (Å²) in [5, 5.41) is 6.99. The van der Waals surface area contributed by atoms with Gasteiger partial charge in [-0.3, -0.25) is 9.59 Å². The Hall–Kier alpha value is -5.41. The van der Waals surface area contributed by atoms with Crippen LogP contribution in [0.5, 0.6) is 11.5 Å². The molecule has 0 unspecified atom stereocenters. The lowest BCUT2D eigenvalue weighted by molar-refractivity contribution is -0.117. The smallest absolute Gasteiger partial charge is 0.345 e. The van der Waals surface area contributed by atoms with Gasteiger partial charge < -0.3 is 19.7 Å². The fourth-order valence-electron chi connectivity index (χ4n) is 3.83. The van der Waals surface area contributed by atoms with Crippen molar-refractivity contribution in [1.29, 1.82) is 0 Å². The van der Waals surface area contributed by atoms with E-state index in [-0.39, 0.29) is 27.8 Å². The van der Waals surface area contributed by atoms with Gasteiger partial charge in [-0.05, 0) is 71.8 Å². The highest BCUT2D eigenvalue weighted by molar-refractivity contribution is 6.33. The Bertz CT molecular complexity index is 1670. The highest BCUT2D eigenvalue weighted by atomic mass is 35.5. The average Bonchev–Trinajstić information content (AvgIpc) is 3.02. The van der Waals surface area contributed by atoms with E-state index < -0.39 is 17.8 Å². The van der Waals surface area contributed by atoms with Crippen LogP contribution in [0.25, 0.3) is 6.08 Å². The molecular weight excluding hydrogens is 568 g/mol. The third-order valence-corrected chi connectivity index (χ3v) is 6.44. The number of hydrogen-bond donors (Lipinski definition) is 2. The molecular formula is C33H29ClN4O5. The molecule has 10 heteroatoms. The SMILES string of the molecule is COc1cc(/C=N/NC(=O)/C(=C/c2ccc(N(C)C)cc2)NC(=O)c2ccccc2)ccc1OC(=O)c1ccccc1Cl. The third kappa shape index (κ3) is 8.31. The number of halogens is 1. The number of carbonyl (C=O) groups excluding carboxylic acids is 3. The zero-order valence-electron chi connectivity index (χ0n) is 23.7. The molecule has 0 saturated carbocycles. The topological polar surface area (TPSA) is 109 Å². The van der Waals surface area contributed by atoms with Crippen LogP contribution in [-0.4, -0.2) is 45.2 Å². The molecule has 9 nitrogen and oxygen atoms in total. The molecule has 0 aliphatic carbocycles. The minimum absolute atomic E-state index is 0.00280. The molecule has 0 aromatic heterocycles. The quantitative estimate of drug-likeness (QED) is 0.0816. The summed E-state index contributed by atoms with van der Waals surface area (Å²) in [6.07, 6.45) is 2.96. The summed E-state index contributed by atoms with van der Waals surface area (Å²) in [5.74, 6) is -1.25. The molecule has 218 valence electrons. The molecule has 0 bridgehead atoms. The largest absolute Gasteiger partial charge is 0.493 e. The van der Waals surface area contributed by atoms with Crippen molar-refractivity contribution in [3.8, 4) is 11.5 Å². The van der Waals surface area contributed by atoms with Gasteiger partial charge in [0.2, 0.25) is 0 Å². The minimum Gasteiger partial charge on any atom is -0.493 e. The summed E-state index contributed by atoms with van der Waals surface area (Å²) in [4.78, 5) is 40.5. The Balaban J connectivity index is 1.49. The second-order valence-electron chi connectivity index (χ2n) is 9.34. The van der Waals surface area contributed by atoms with Crippen LogP contribution in [0.3, 0.4) is 0 Å². The van der Waals surface area contributed by atoms with Crippen LogP contribution in [-0.2, 0) is 4.79 Å². The Labute approximate surface area is 254 Å². The van der Waals surface area contributed by atoms with E-state index in [0.717, 1.165) is 5.69 Å². The molecule has 0 spiro atoms. The van der Waals surface area contributed by atoms with E-state index in [4.69, 9.17) is 21.1 Å². The van der Waals surface area contributed by atoms with Crippen molar-refractivity contribution in [3.63, 3.8) is 0 Å².